The molecule has 1 fully saturated rings. The summed E-state index contributed by atoms with van der Waals surface area (Å²) in [6.45, 7) is 12.9. The van der Waals surface area contributed by atoms with Gasteiger partial charge in [0.15, 0.2) is 17.0 Å². The number of aromatic nitrogens is 4. The highest BCUT2D eigenvalue weighted by Gasteiger charge is 2.20. The third kappa shape index (κ3) is 5.67. The molecule has 2 N–H and O–H groups in total. The highest BCUT2D eigenvalue weighted by molar-refractivity contribution is 7.08. The molecule has 184 valence electrons. The van der Waals surface area contributed by atoms with Crippen LogP contribution in [0.4, 0.5) is 11.8 Å². The van der Waals surface area contributed by atoms with Gasteiger partial charge in [-0.15, -0.1) is 0 Å². The average Bonchev–Trinajstić information content (AvgIpc) is 3.54. The van der Waals surface area contributed by atoms with Crippen molar-refractivity contribution in [3.05, 3.63) is 23.2 Å². The van der Waals surface area contributed by atoms with Crippen molar-refractivity contribution in [3.8, 4) is 5.69 Å². The third-order valence-corrected chi connectivity index (χ3v) is 6.90. The van der Waals surface area contributed by atoms with Crippen LogP contribution in [-0.2, 0) is 4.79 Å². The minimum absolute atomic E-state index is 0.264. The second-order valence-electron chi connectivity index (χ2n) is 9.28. The van der Waals surface area contributed by atoms with E-state index in [4.69, 9.17) is 9.97 Å². The van der Waals surface area contributed by atoms with E-state index in [0.29, 0.717) is 31.0 Å². The average molecular weight is 485 g/mol. The van der Waals surface area contributed by atoms with Gasteiger partial charge in [-0.2, -0.15) is 21.3 Å². The van der Waals surface area contributed by atoms with Crippen LogP contribution >= 0.6 is 11.3 Å². The molecule has 0 spiro atoms. The van der Waals surface area contributed by atoms with Crippen molar-refractivity contribution in [3.63, 3.8) is 0 Å². The lowest BCUT2D eigenvalue weighted by molar-refractivity contribution is -0.127. The maximum absolute atomic E-state index is 11.8. The van der Waals surface area contributed by atoms with E-state index in [-0.39, 0.29) is 5.91 Å². The summed E-state index contributed by atoms with van der Waals surface area (Å²) in [5.74, 6) is 1.58. The Labute approximate surface area is 205 Å². The minimum Gasteiger partial charge on any atom is -0.367 e. The largest absolute Gasteiger partial charge is 0.367 e. The van der Waals surface area contributed by atoms with Gasteiger partial charge in [-0.05, 0) is 52.0 Å². The number of nitrogens with zero attached hydrogens (tertiary/aromatic N) is 6. The number of hydrogen-bond donors (Lipinski definition) is 2. The van der Waals surface area contributed by atoms with E-state index < -0.39 is 0 Å². The van der Waals surface area contributed by atoms with E-state index in [1.165, 1.54) is 0 Å². The van der Waals surface area contributed by atoms with Gasteiger partial charge in [-0.3, -0.25) is 14.3 Å². The van der Waals surface area contributed by atoms with Crippen molar-refractivity contribution in [1.82, 2.24) is 29.3 Å². The molecule has 0 unspecified atom stereocenters. The number of carbonyl (C=O) groups is 1. The fraction of sp³-hybridized carbons (Fsp3) is 0.583. The van der Waals surface area contributed by atoms with Crippen molar-refractivity contribution in [2.45, 2.75) is 59.0 Å². The Morgan fingerprint density at radius 2 is 1.97 bits per heavy atom. The summed E-state index contributed by atoms with van der Waals surface area (Å²) in [5.41, 5.74) is 2.58. The number of amides is 1. The molecule has 4 heterocycles. The highest BCUT2D eigenvalue weighted by Crippen LogP contribution is 2.24. The molecule has 34 heavy (non-hydrogen) atoms. The molecule has 0 atom stereocenters. The predicted molar refractivity (Wildman–Crippen MR) is 139 cm³/mol. The van der Waals surface area contributed by atoms with Crippen LogP contribution in [0.3, 0.4) is 0 Å². The number of likely N-dealkylation sites (tertiary alicyclic amines) is 1. The zero-order valence-electron chi connectivity index (χ0n) is 20.6. The normalized spacial score (nSPS) is 14.3. The monoisotopic (exact) mass is 484 g/mol. The molecule has 0 aromatic carbocycles. The SMILES string of the molecule is CC(C)N(CCNc1nc(NCCCN2CCCC2=O)nc2c1ncn2-c1ccsc1)C(C)C. The van der Waals surface area contributed by atoms with Crippen molar-refractivity contribution < 1.29 is 4.79 Å². The number of nitrogens with one attached hydrogen (secondary N) is 2. The molecule has 3 aromatic heterocycles. The van der Waals surface area contributed by atoms with Crippen LogP contribution in [0.5, 0.6) is 0 Å². The lowest BCUT2D eigenvalue weighted by Gasteiger charge is -2.30. The molecule has 1 saturated heterocycles. The summed E-state index contributed by atoms with van der Waals surface area (Å²) in [4.78, 5) is 30.4. The molecule has 1 aliphatic rings. The summed E-state index contributed by atoms with van der Waals surface area (Å²) < 4.78 is 2.00. The maximum Gasteiger partial charge on any atom is 0.226 e. The first-order valence-electron chi connectivity index (χ1n) is 12.2. The Balaban J connectivity index is 1.49. The van der Waals surface area contributed by atoms with Gasteiger partial charge in [0.25, 0.3) is 0 Å². The van der Waals surface area contributed by atoms with E-state index >= 15 is 0 Å². The fourth-order valence-corrected chi connectivity index (χ4v) is 5.14. The molecule has 9 nitrogen and oxygen atoms in total. The quantitative estimate of drug-likeness (QED) is 0.378. The van der Waals surface area contributed by atoms with Crippen molar-refractivity contribution in [1.29, 1.82) is 0 Å². The number of rotatable bonds is 12. The van der Waals surface area contributed by atoms with Gasteiger partial charge in [0.05, 0.1) is 5.69 Å². The van der Waals surface area contributed by atoms with Gasteiger partial charge in [-0.1, -0.05) is 0 Å². The third-order valence-electron chi connectivity index (χ3n) is 6.23. The zero-order chi connectivity index (χ0) is 24.1. The topological polar surface area (TPSA) is 91.2 Å². The number of carbonyl (C=O) groups excluding carboxylic acids is 1. The van der Waals surface area contributed by atoms with Crippen LogP contribution in [0.15, 0.2) is 23.2 Å². The summed E-state index contributed by atoms with van der Waals surface area (Å²) in [5, 5.41) is 11.0. The highest BCUT2D eigenvalue weighted by atomic mass is 32.1. The number of hydrogen-bond acceptors (Lipinski definition) is 8. The van der Waals surface area contributed by atoms with Gasteiger partial charge in [0, 0.05) is 56.6 Å². The summed E-state index contributed by atoms with van der Waals surface area (Å²) in [6.07, 6.45) is 4.32. The first-order valence-corrected chi connectivity index (χ1v) is 13.2. The van der Waals surface area contributed by atoms with Crippen LogP contribution in [0.1, 0.15) is 47.0 Å². The van der Waals surface area contributed by atoms with E-state index in [9.17, 15) is 4.79 Å². The van der Waals surface area contributed by atoms with Crippen LogP contribution in [0.25, 0.3) is 16.9 Å². The molecule has 0 radical (unpaired) electrons. The Hall–Kier alpha value is -2.72. The van der Waals surface area contributed by atoms with Gasteiger partial charge >= 0.3 is 0 Å². The number of imidazole rings is 1. The van der Waals surface area contributed by atoms with Crippen molar-refractivity contribution >= 4 is 40.2 Å². The molecule has 1 amide bonds. The second kappa shape index (κ2) is 11.1. The first-order chi connectivity index (χ1) is 16.4. The minimum atomic E-state index is 0.264. The zero-order valence-corrected chi connectivity index (χ0v) is 21.4. The van der Waals surface area contributed by atoms with Gasteiger partial charge in [0.1, 0.15) is 6.33 Å². The molecule has 3 aromatic rings. The van der Waals surface area contributed by atoms with Gasteiger partial charge in [-0.25, -0.2) is 4.98 Å². The number of fused-ring (bicyclic) bond motifs is 1. The predicted octanol–water partition coefficient (Wildman–Crippen LogP) is 3.83. The molecular formula is C24H36N8OS. The summed E-state index contributed by atoms with van der Waals surface area (Å²) in [7, 11) is 0. The van der Waals surface area contributed by atoms with Gasteiger partial charge < -0.3 is 15.5 Å². The van der Waals surface area contributed by atoms with E-state index in [1.54, 1.807) is 11.3 Å². The van der Waals surface area contributed by atoms with Crippen LogP contribution < -0.4 is 10.6 Å². The van der Waals surface area contributed by atoms with Gasteiger partial charge in [0.2, 0.25) is 11.9 Å². The van der Waals surface area contributed by atoms with Crippen molar-refractivity contribution in [2.75, 3.05) is 43.4 Å². The lowest BCUT2D eigenvalue weighted by Crippen LogP contribution is -2.40. The number of thiophene rings is 1. The fourth-order valence-electron chi connectivity index (χ4n) is 4.51. The van der Waals surface area contributed by atoms with Crippen molar-refractivity contribution in [2.24, 2.45) is 0 Å². The molecule has 0 saturated carbocycles. The molecule has 0 bridgehead atoms. The molecule has 1 aliphatic heterocycles. The Bertz CT molecular complexity index is 1070. The number of anilines is 2. The van der Waals surface area contributed by atoms with Crippen LogP contribution in [0.2, 0.25) is 0 Å². The Morgan fingerprint density at radius 3 is 2.65 bits per heavy atom. The molecule has 0 aliphatic carbocycles. The molecule has 10 heteroatoms. The summed E-state index contributed by atoms with van der Waals surface area (Å²) >= 11 is 1.65. The van der Waals surface area contributed by atoms with Crippen LogP contribution in [0, 0.1) is 0 Å². The Kier molecular flexibility index (Phi) is 7.99. The molecule has 4 rings (SSSR count). The lowest BCUT2D eigenvalue weighted by atomic mass is 10.2. The standard InChI is InChI=1S/C24H36N8OS/c1-17(2)31(18(3)4)13-10-25-22-21-23(32(16-27-21)19-8-14-34-15-19)29-24(28-22)26-9-6-12-30-11-5-7-20(30)33/h8,14-18H,5-7,9-13H2,1-4H3,(H2,25,26,28,29). The first kappa shape index (κ1) is 24.4. The van der Waals surface area contributed by atoms with E-state index in [0.717, 1.165) is 61.7 Å². The maximum atomic E-state index is 11.8. The Morgan fingerprint density at radius 1 is 1.15 bits per heavy atom. The van der Waals surface area contributed by atoms with Crippen LogP contribution in [-0.4, -0.2) is 80.0 Å². The summed E-state index contributed by atoms with van der Waals surface area (Å²) in [6, 6.07) is 3.01. The molecular weight excluding hydrogens is 448 g/mol. The smallest absolute Gasteiger partial charge is 0.226 e. The van der Waals surface area contributed by atoms with E-state index in [2.05, 4.69) is 59.7 Å². The second-order valence-corrected chi connectivity index (χ2v) is 10.1. The van der Waals surface area contributed by atoms with E-state index in [1.807, 2.05) is 21.2 Å².